The molecule has 1 fully saturated rings. The van der Waals surface area contributed by atoms with Gasteiger partial charge >= 0.3 is 5.97 Å². The molecule has 0 saturated heterocycles. The van der Waals surface area contributed by atoms with Crippen molar-refractivity contribution in [3.63, 3.8) is 0 Å². The summed E-state index contributed by atoms with van der Waals surface area (Å²) in [5.41, 5.74) is 1.25. The van der Waals surface area contributed by atoms with Gasteiger partial charge in [-0.2, -0.15) is 0 Å². The van der Waals surface area contributed by atoms with Crippen molar-refractivity contribution in [1.29, 1.82) is 0 Å². The molecule has 1 heterocycles. The van der Waals surface area contributed by atoms with Crippen LogP contribution in [0.5, 0.6) is 0 Å². The van der Waals surface area contributed by atoms with Crippen LogP contribution in [-0.4, -0.2) is 17.0 Å². The number of hydrogen-bond donors (Lipinski definition) is 2. The summed E-state index contributed by atoms with van der Waals surface area (Å²) < 4.78 is 0. The zero-order valence-corrected chi connectivity index (χ0v) is 12.7. The van der Waals surface area contributed by atoms with Crippen LogP contribution in [0.3, 0.4) is 0 Å². The van der Waals surface area contributed by atoms with Crippen LogP contribution >= 0.6 is 11.3 Å². The highest BCUT2D eigenvalue weighted by Gasteiger charge is 2.41. The van der Waals surface area contributed by atoms with Crippen molar-refractivity contribution >= 4 is 23.2 Å². The van der Waals surface area contributed by atoms with Gasteiger partial charge in [-0.05, 0) is 42.2 Å². The quantitative estimate of drug-likeness (QED) is 0.877. The molecule has 1 aliphatic carbocycles. The van der Waals surface area contributed by atoms with Gasteiger partial charge in [-0.15, -0.1) is 11.3 Å². The Bertz CT molecular complexity index is 497. The van der Waals surface area contributed by atoms with Gasteiger partial charge in [-0.25, -0.2) is 0 Å². The summed E-state index contributed by atoms with van der Waals surface area (Å²) in [5.74, 6) is -1.57. The third-order valence-electron chi connectivity index (χ3n) is 4.09. The summed E-state index contributed by atoms with van der Waals surface area (Å²) in [7, 11) is 0. The average Bonchev–Trinajstić information content (AvgIpc) is 3.01. The fourth-order valence-corrected chi connectivity index (χ4v) is 3.91. The van der Waals surface area contributed by atoms with Gasteiger partial charge < -0.3 is 10.4 Å². The van der Waals surface area contributed by atoms with Crippen molar-refractivity contribution in [3.05, 3.63) is 21.9 Å². The van der Waals surface area contributed by atoms with E-state index >= 15 is 0 Å². The fourth-order valence-electron chi connectivity index (χ4n) is 2.99. The van der Waals surface area contributed by atoms with Crippen LogP contribution in [0.1, 0.15) is 37.1 Å². The van der Waals surface area contributed by atoms with Crippen molar-refractivity contribution in [3.8, 4) is 0 Å². The van der Waals surface area contributed by atoms with Crippen LogP contribution in [0.25, 0.3) is 0 Å². The standard InChI is InChI=1S/C15H21NO3S/c1-3-10-4-5-20-13(10)8-16-14(17)11-6-9(2)7-12(11)15(18)19/h4-5,9,11-12H,3,6-8H2,1-2H3,(H,16,17)(H,18,19)/t9?,11-,12+/m0/s1. The lowest BCUT2D eigenvalue weighted by Crippen LogP contribution is -2.34. The number of nitrogens with one attached hydrogen (secondary N) is 1. The first-order chi connectivity index (χ1) is 9.52. The van der Waals surface area contributed by atoms with E-state index in [1.807, 2.05) is 12.3 Å². The van der Waals surface area contributed by atoms with E-state index in [4.69, 9.17) is 0 Å². The molecular weight excluding hydrogens is 274 g/mol. The van der Waals surface area contributed by atoms with E-state index in [2.05, 4.69) is 18.3 Å². The number of carboxylic acids is 1. The maximum Gasteiger partial charge on any atom is 0.307 e. The summed E-state index contributed by atoms with van der Waals surface area (Å²) in [6.07, 6.45) is 2.23. The zero-order valence-electron chi connectivity index (χ0n) is 11.9. The number of carbonyl (C=O) groups excluding carboxylic acids is 1. The van der Waals surface area contributed by atoms with Gasteiger partial charge in [0.15, 0.2) is 0 Å². The van der Waals surface area contributed by atoms with E-state index in [0.29, 0.717) is 25.3 Å². The predicted octanol–water partition coefficient (Wildman–Crippen LogP) is 2.67. The highest BCUT2D eigenvalue weighted by molar-refractivity contribution is 7.10. The Morgan fingerprint density at radius 2 is 2.10 bits per heavy atom. The Morgan fingerprint density at radius 1 is 1.40 bits per heavy atom. The number of hydrogen-bond acceptors (Lipinski definition) is 3. The molecule has 3 atom stereocenters. The lowest BCUT2D eigenvalue weighted by atomic mass is 9.95. The van der Waals surface area contributed by atoms with Gasteiger partial charge in [0.05, 0.1) is 18.4 Å². The number of thiophene rings is 1. The van der Waals surface area contributed by atoms with Gasteiger partial charge in [-0.3, -0.25) is 9.59 Å². The number of carboxylic acid groups (broad SMARTS) is 1. The topological polar surface area (TPSA) is 66.4 Å². The minimum atomic E-state index is -0.847. The molecule has 1 amide bonds. The van der Waals surface area contributed by atoms with Crippen molar-refractivity contribution < 1.29 is 14.7 Å². The van der Waals surface area contributed by atoms with Crippen molar-refractivity contribution in [2.24, 2.45) is 17.8 Å². The summed E-state index contributed by atoms with van der Waals surface area (Å²) >= 11 is 1.64. The first-order valence-corrected chi connectivity index (χ1v) is 7.96. The molecule has 5 heteroatoms. The van der Waals surface area contributed by atoms with E-state index in [1.54, 1.807) is 11.3 Å². The molecule has 4 nitrogen and oxygen atoms in total. The van der Waals surface area contributed by atoms with Crippen LogP contribution in [0.15, 0.2) is 11.4 Å². The molecule has 110 valence electrons. The van der Waals surface area contributed by atoms with Gasteiger partial charge in [0.25, 0.3) is 0 Å². The minimum absolute atomic E-state index is 0.114. The Kier molecular flexibility index (Phi) is 4.81. The molecule has 0 bridgehead atoms. The Hall–Kier alpha value is -1.36. The maximum atomic E-state index is 12.2. The van der Waals surface area contributed by atoms with Gasteiger partial charge in [0, 0.05) is 4.88 Å². The third-order valence-corrected chi connectivity index (χ3v) is 5.06. The largest absolute Gasteiger partial charge is 0.481 e. The van der Waals surface area contributed by atoms with Crippen LogP contribution in [-0.2, 0) is 22.6 Å². The van der Waals surface area contributed by atoms with Crippen molar-refractivity contribution in [2.75, 3.05) is 0 Å². The molecule has 1 aromatic heterocycles. The average molecular weight is 295 g/mol. The highest BCUT2D eigenvalue weighted by Crippen LogP contribution is 2.36. The predicted molar refractivity (Wildman–Crippen MR) is 78.6 cm³/mol. The molecule has 2 rings (SSSR count). The van der Waals surface area contributed by atoms with Crippen LogP contribution in [0.2, 0.25) is 0 Å². The van der Waals surface area contributed by atoms with E-state index in [9.17, 15) is 14.7 Å². The minimum Gasteiger partial charge on any atom is -0.481 e. The number of amides is 1. The zero-order chi connectivity index (χ0) is 14.7. The molecule has 1 unspecified atom stereocenters. The van der Waals surface area contributed by atoms with Gasteiger partial charge in [0.2, 0.25) is 5.91 Å². The van der Waals surface area contributed by atoms with Gasteiger partial charge in [-0.1, -0.05) is 13.8 Å². The number of carbonyl (C=O) groups is 2. The second kappa shape index (κ2) is 6.39. The van der Waals surface area contributed by atoms with Crippen molar-refractivity contribution in [2.45, 2.75) is 39.7 Å². The number of rotatable bonds is 5. The molecule has 20 heavy (non-hydrogen) atoms. The maximum absolute atomic E-state index is 12.2. The van der Waals surface area contributed by atoms with E-state index < -0.39 is 11.9 Å². The molecule has 2 N–H and O–H groups in total. The first-order valence-electron chi connectivity index (χ1n) is 7.08. The van der Waals surface area contributed by atoms with E-state index in [0.717, 1.165) is 6.42 Å². The normalized spacial score (nSPS) is 25.6. The molecule has 1 saturated carbocycles. The summed E-state index contributed by atoms with van der Waals surface area (Å²) in [5, 5.41) is 14.1. The second-order valence-corrected chi connectivity index (χ2v) is 6.57. The smallest absolute Gasteiger partial charge is 0.307 e. The fraction of sp³-hybridized carbons (Fsp3) is 0.600. The lowest BCUT2D eigenvalue weighted by Gasteiger charge is -2.15. The summed E-state index contributed by atoms with van der Waals surface area (Å²) in [6, 6.07) is 2.07. The Balaban J connectivity index is 1.96. The van der Waals surface area contributed by atoms with E-state index in [1.165, 1.54) is 10.4 Å². The molecular formula is C15H21NO3S. The van der Waals surface area contributed by atoms with Crippen molar-refractivity contribution in [1.82, 2.24) is 5.32 Å². The molecule has 0 aliphatic heterocycles. The SMILES string of the molecule is CCc1ccsc1CNC(=O)[C@H]1CC(C)C[C@H]1C(=O)O. The summed E-state index contributed by atoms with van der Waals surface area (Å²) in [6.45, 7) is 4.61. The van der Waals surface area contributed by atoms with E-state index in [-0.39, 0.29) is 11.8 Å². The first kappa shape index (κ1) is 15.0. The van der Waals surface area contributed by atoms with Crippen LogP contribution in [0, 0.1) is 17.8 Å². The summed E-state index contributed by atoms with van der Waals surface area (Å²) in [4.78, 5) is 24.6. The van der Waals surface area contributed by atoms with Crippen LogP contribution in [0.4, 0.5) is 0 Å². The highest BCUT2D eigenvalue weighted by atomic mass is 32.1. The number of aliphatic carboxylic acids is 1. The number of aryl methyl sites for hydroxylation is 1. The van der Waals surface area contributed by atoms with Crippen LogP contribution < -0.4 is 5.32 Å². The molecule has 0 spiro atoms. The molecule has 0 aromatic carbocycles. The lowest BCUT2D eigenvalue weighted by molar-refractivity contribution is -0.146. The Morgan fingerprint density at radius 3 is 2.75 bits per heavy atom. The monoisotopic (exact) mass is 295 g/mol. The molecule has 1 aromatic rings. The Labute approximate surface area is 123 Å². The molecule has 0 radical (unpaired) electrons. The molecule has 1 aliphatic rings. The van der Waals surface area contributed by atoms with Gasteiger partial charge in [0.1, 0.15) is 0 Å². The third kappa shape index (κ3) is 3.20. The second-order valence-electron chi connectivity index (χ2n) is 5.57.